The summed E-state index contributed by atoms with van der Waals surface area (Å²) in [6, 6.07) is 10.7. The Hall–Kier alpha value is -1.49. The zero-order valence-corrected chi connectivity index (χ0v) is 12.2. The van der Waals surface area contributed by atoms with Crippen molar-refractivity contribution in [3.63, 3.8) is 0 Å². The highest BCUT2D eigenvalue weighted by Gasteiger charge is 2.45. The van der Waals surface area contributed by atoms with Gasteiger partial charge in [-0.15, -0.1) is 0 Å². The zero-order valence-electron chi connectivity index (χ0n) is 12.2. The summed E-state index contributed by atoms with van der Waals surface area (Å²) in [5.74, 6) is 0. The molecule has 1 aromatic heterocycles. The molecule has 1 N–H and O–H groups in total. The van der Waals surface area contributed by atoms with Crippen LogP contribution in [0.3, 0.4) is 0 Å². The van der Waals surface area contributed by atoms with Crippen LogP contribution in [-0.4, -0.2) is 47.3 Å². The van der Waals surface area contributed by atoms with E-state index in [9.17, 15) is 5.11 Å². The summed E-state index contributed by atoms with van der Waals surface area (Å²) in [6.07, 6.45) is 3.26. The number of aliphatic hydroxyl groups is 1. The Bertz CT molecular complexity index is 659. The van der Waals surface area contributed by atoms with Crippen LogP contribution in [-0.2, 0) is 10.3 Å². The Morgan fingerprint density at radius 1 is 1.24 bits per heavy atom. The molecule has 21 heavy (non-hydrogen) atoms. The van der Waals surface area contributed by atoms with Crippen LogP contribution in [0.25, 0.3) is 10.9 Å². The average Bonchev–Trinajstić information content (AvgIpc) is 2.49. The van der Waals surface area contributed by atoms with Gasteiger partial charge in [0.1, 0.15) is 0 Å². The molecule has 0 radical (unpaired) electrons. The minimum absolute atomic E-state index is 0.298. The second-order valence-electron chi connectivity index (χ2n) is 6.36. The smallest absolute Gasteiger partial charge is 0.0928 e. The number of benzene rings is 1. The van der Waals surface area contributed by atoms with E-state index in [0.29, 0.717) is 25.3 Å². The minimum Gasteiger partial charge on any atom is -0.385 e. The maximum atomic E-state index is 11.2. The molecular formula is C17H20N2O2. The van der Waals surface area contributed by atoms with E-state index in [4.69, 9.17) is 4.74 Å². The number of rotatable bonds is 1. The molecule has 110 valence electrons. The van der Waals surface area contributed by atoms with Gasteiger partial charge in [-0.25, -0.2) is 0 Å². The van der Waals surface area contributed by atoms with E-state index in [-0.39, 0.29) is 0 Å². The topological polar surface area (TPSA) is 45.6 Å². The molecule has 2 aliphatic rings. The average molecular weight is 284 g/mol. The fourth-order valence-electron chi connectivity index (χ4n) is 3.74. The zero-order chi connectivity index (χ0) is 14.4. The lowest BCUT2D eigenvalue weighted by molar-refractivity contribution is -0.137. The van der Waals surface area contributed by atoms with E-state index >= 15 is 0 Å². The quantitative estimate of drug-likeness (QED) is 0.869. The van der Waals surface area contributed by atoms with Crippen molar-refractivity contribution in [2.75, 3.05) is 20.3 Å². The van der Waals surface area contributed by atoms with E-state index in [1.165, 1.54) is 0 Å². The summed E-state index contributed by atoms with van der Waals surface area (Å²) >= 11 is 0. The Morgan fingerprint density at radius 2 is 2.00 bits per heavy atom. The third kappa shape index (κ3) is 2.14. The summed E-state index contributed by atoms with van der Waals surface area (Å²) in [6.45, 7) is 1.43. The first-order chi connectivity index (χ1) is 10.2. The van der Waals surface area contributed by atoms with E-state index in [1.54, 1.807) is 6.20 Å². The molecule has 2 saturated heterocycles. The number of hydrogen-bond donors (Lipinski definition) is 1. The van der Waals surface area contributed by atoms with Crippen LogP contribution in [0.2, 0.25) is 0 Å². The van der Waals surface area contributed by atoms with Gasteiger partial charge in [-0.05, 0) is 43.7 Å². The summed E-state index contributed by atoms with van der Waals surface area (Å²) in [4.78, 5) is 6.71. The number of pyridine rings is 1. The highest BCUT2D eigenvalue weighted by atomic mass is 16.5. The Balaban J connectivity index is 1.73. The maximum absolute atomic E-state index is 11.2. The molecule has 2 aromatic rings. The second-order valence-corrected chi connectivity index (χ2v) is 6.36. The summed E-state index contributed by atoms with van der Waals surface area (Å²) in [5, 5.41) is 12.3. The summed E-state index contributed by atoms with van der Waals surface area (Å²) < 4.78 is 5.64. The molecule has 1 aromatic carbocycles. The first kappa shape index (κ1) is 13.2. The number of likely N-dealkylation sites (N-methyl/N-ethyl adjacent to an activating group) is 1. The van der Waals surface area contributed by atoms with Gasteiger partial charge < -0.3 is 9.84 Å². The fraction of sp³-hybridized carbons (Fsp3) is 0.471. The van der Waals surface area contributed by atoms with Gasteiger partial charge in [-0.2, -0.15) is 0 Å². The number of aromatic nitrogens is 1. The normalized spacial score (nSPS) is 33.2. The molecule has 2 fully saturated rings. The molecule has 4 nitrogen and oxygen atoms in total. The van der Waals surface area contributed by atoms with E-state index in [2.05, 4.69) is 23.0 Å². The van der Waals surface area contributed by atoms with E-state index in [1.807, 2.05) is 24.3 Å². The molecule has 3 heterocycles. The summed E-state index contributed by atoms with van der Waals surface area (Å²) in [7, 11) is 2.14. The second kappa shape index (κ2) is 4.77. The predicted octanol–water partition coefficient (Wildman–Crippen LogP) is 1.92. The van der Waals surface area contributed by atoms with Crippen LogP contribution < -0.4 is 0 Å². The van der Waals surface area contributed by atoms with E-state index < -0.39 is 5.60 Å². The van der Waals surface area contributed by atoms with Crippen molar-refractivity contribution in [3.05, 3.63) is 42.1 Å². The lowest BCUT2D eigenvalue weighted by atomic mass is 9.77. The SMILES string of the molecule is CN1C2COCC1CC(O)(c1ccc3ncccc3c1)C2. The summed E-state index contributed by atoms with van der Waals surface area (Å²) in [5.41, 5.74) is 1.23. The standard InChI is InChI=1S/C17H20N2O2/c1-19-14-8-17(20,9-15(19)11-21-10-14)13-4-5-16-12(7-13)3-2-6-18-16/h2-7,14-15,20H,8-11H2,1H3. The molecule has 4 heteroatoms. The van der Waals surface area contributed by atoms with Crippen LogP contribution in [0.1, 0.15) is 18.4 Å². The molecule has 2 unspecified atom stereocenters. The molecule has 2 atom stereocenters. The Labute approximate surface area is 124 Å². The first-order valence-corrected chi connectivity index (χ1v) is 7.53. The number of ether oxygens (including phenoxy) is 1. The van der Waals surface area contributed by atoms with Crippen molar-refractivity contribution in [2.24, 2.45) is 0 Å². The van der Waals surface area contributed by atoms with E-state index in [0.717, 1.165) is 29.3 Å². The van der Waals surface area contributed by atoms with Gasteiger partial charge in [0.2, 0.25) is 0 Å². The molecule has 0 aliphatic carbocycles. The maximum Gasteiger partial charge on any atom is 0.0928 e. The number of fused-ring (bicyclic) bond motifs is 3. The lowest BCUT2D eigenvalue weighted by Crippen LogP contribution is -2.59. The van der Waals surface area contributed by atoms with Gasteiger partial charge in [-0.3, -0.25) is 9.88 Å². The fourth-order valence-corrected chi connectivity index (χ4v) is 3.74. The molecule has 2 aliphatic heterocycles. The van der Waals surface area contributed by atoms with Crippen LogP contribution >= 0.6 is 0 Å². The lowest BCUT2D eigenvalue weighted by Gasteiger charge is -2.50. The van der Waals surface area contributed by atoms with Crippen molar-refractivity contribution >= 4 is 10.9 Å². The van der Waals surface area contributed by atoms with Crippen molar-refractivity contribution in [3.8, 4) is 0 Å². The molecular weight excluding hydrogens is 264 g/mol. The molecule has 0 saturated carbocycles. The first-order valence-electron chi connectivity index (χ1n) is 7.53. The van der Waals surface area contributed by atoms with Crippen molar-refractivity contribution in [1.29, 1.82) is 0 Å². The minimum atomic E-state index is -0.754. The molecule has 2 bridgehead atoms. The van der Waals surface area contributed by atoms with Gasteiger partial charge in [0.15, 0.2) is 0 Å². The van der Waals surface area contributed by atoms with Crippen molar-refractivity contribution in [2.45, 2.75) is 30.5 Å². The third-order valence-corrected chi connectivity index (χ3v) is 5.06. The monoisotopic (exact) mass is 284 g/mol. The van der Waals surface area contributed by atoms with Gasteiger partial charge in [0.25, 0.3) is 0 Å². The largest absolute Gasteiger partial charge is 0.385 e. The van der Waals surface area contributed by atoms with Crippen LogP contribution in [0, 0.1) is 0 Å². The number of morpholine rings is 1. The number of hydrogen-bond acceptors (Lipinski definition) is 4. The molecule has 4 rings (SSSR count). The van der Waals surface area contributed by atoms with Crippen LogP contribution in [0.15, 0.2) is 36.5 Å². The highest BCUT2D eigenvalue weighted by Crippen LogP contribution is 2.40. The molecule has 0 amide bonds. The van der Waals surface area contributed by atoms with Crippen LogP contribution in [0.4, 0.5) is 0 Å². The number of nitrogens with zero attached hydrogens (tertiary/aromatic N) is 2. The Kier molecular flexibility index (Phi) is 2.99. The number of piperidine rings is 1. The van der Waals surface area contributed by atoms with Gasteiger partial charge in [-0.1, -0.05) is 12.1 Å². The highest BCUT2D eigenvalue weighted by molar-refractivity contribution is 5.79. The van der Waals surface area contributed by atoms with Crippen molar-refractivity contribution in [1.82, 2.24) is 9.88 Å². The Morgan fingerprint density at radius 3 is 2.76 bits per heavy atom. The van der Waals surface area contributed by atoms with Gasteiger partial charge in [0.05, 0.1) is 24.3 Å². The predicted molar refractivity (Wildman–Crippen MR) is 81.0 cm³/mol. The van der Waals surface area contributed by atoms with Crippen LogP contribution in [0.5, 0.6) is 0 Å². The van der Waals surface area contributed by atoms with Gasteiger partial charge in [0, 0.05) is 23.7 Å². The third-order valence-electron chi connectivity index (χ3n) is 5.06. The van der Waals surface area contributed by atoms with Crippen molar-refractivity contribution < 1.29 is 9.84 Å². The molecule has 0 spiro atoms. The van der Waals surface area contributed by atoms with Gasteiger partial charge >= 0.3 is 0 Å².